The highest BCUT2D eigenvalue weighted by molar-refractivity contribution is 5.95. The Morgan fingerprint density at radius 3 is 2.62 bits per heavy atom. The van der Waals surface area contributed by atoms with Gasteiger partial charge >= 0.3 is 0 Å². The predicted octanol–water partition coefficient (Wildman–Crippen LogP) is 1.59. The van der Waals surface area contributed by atoms with Gasteiger partial charge in [-0.2, -0.15) is 5.10 Å². The first-order valence-electron chi connectivity index (χ1n) is 6.78. The van der Waals surface area contributed by atoms with E-state index in [1.807, 2.05) is 31.6 Å². The van der Waals surface area contributed by atoms with E-state index in [1.54, 1.807) is 19.2 Å². The van der Waals surface area contributed by atoms with Crippen LogP contribution in [0.3, 0.4) is 0 Å². The van der Waals surface area contributed by atoms with Gasteiger partial charge in [0.15, 0.2) is 0 Å². The number of rotatable bonds is 4. The van der Waals surface area contributed by atoms with Crippen molar-refractivity contribution >= 4 is 17.3 Å². The van der Waals surface area contributed by atoms with Crippen molar-refractivity contribution < 1.29 is 4.79 Å². The molecule has 6 nitrogen and oxygen atoms in total. The molecular weight excluding hydrogens is 266 g/mol. The molecule has 1 aromatic heterocycles. The lowest BCUT2D eigenvalue weighted by molar-refractivity contribution is 0.0963. The van der Waals surface area contributed by atoms with Crippen molar-refractivity contribution in [3.63, 3.8) is 0 Å². The highest BCUT2D eigenvalue weighted by atomic mass is 16.1. The summed E-state index contributed by atoms with van der Waals surface area (Å²) in [6, 6.07) is 5.24. The zero-order valence-corrected chi connectivity index (χ0v) is 12.8. The first kappa shape index (κ1) is 14.9. The van der Waals surface area contributed by atoms with Crippen molar-refractivity contribution in [2.24, 2.45) is 7.05 Å². The van der Waals surface area contributed by atoms with Gasteiger partial charge in [0.05, 0.1) is 17.1 Å². The Morgan fingerprint density at radius 2 is 2.10 bits per heavy atom. The summed E-state index contributed by atoms with van der Waals surface area (Å²) in [5, 5.41) is 10.3. The normalized spacial score (nSPS) is 10.5. The van der Waals surface area contributed by atoms with Gasteiger partial charge in [-0.05, 0) is 32.0 Å². The number of amides is 1. The molecule has 0 aliphatic carbocycles. The summed E-state index contributed by atoms with van der Waals surface area (Å²) < 4.78 is 1.87. The maximum atomic E-state index is 11.6. The molecule has 112 valence electrons. The van der Waals surface area contributed by atoms with Crippen molar-refractivity contribution in [2.75, 3.05) is 18.1 Å². The quantitative estimate of drug-likeness (QED) is 0.746. The Kier molecular flexibility index (Phi) is 4.16. The molecule has 0 spiro atoms. The van der Waals surface area contributed by atoms with Crippen LogP contribution in [0.25, 0.3) is 0 Å². The van der Waals surface area contributed by atoms with Gasteiger partial charge in [0.25, 0.3) is 5.91 Å². The molecule has 1 aromatic carbocycles. The van der Waals surface area contributed by atoms with Gasteiger partial charge in [0, 0.05) is 37.5 Å². The van der Waals surface area contributed by atoms with E-state index in [-0.39, 0.29) is 5.91 Å². The van der Waals surface area contributed by atoms with E-state index < -0.39 is 0 Å². The SMILES string of the molecule is CNC(=O)c1ccc(NCc2c(C)nn(C)c2C)c(N)c1. The van der Waals surface area contributed by atoms with Crippen LogP contribution in [0.1, 0.15) is 27.3 Å². The van der Waals surface area contributed by atoms with Crippen molar-refractivity contribution in [1.82, 2.24) is 15.1 Å². The van der Waals surface area contributed by atoms with Crippen LogP contribution in [0.5, 0.6) is 0 Å². The van der Waals surface area contributed by atoms with E-state index in [2.05, 4.69) is 15.7 Å². The van der Waals surface area contributed by atoms with E-state index in [0.29, 0.717) is 17.8 Å². The molecule has 0 unspecified atom stereocenters. The molecule has 21 heavy (non-hydrogen) atoms. The molecule has 6 heteroatoms. The molecule has 0 saturated carbocycles. The van der Waals surface area contributed by atoms with E-state index in [0.717, 1.165) is 22.6 Å². The first-order valence-corrected chi connectivity index (χ1v) is 6.78. The van der Waals surface area contributed by atoms with Crippen LogP contribution in [0.4, 0.5) is 11.4 Å². The second-order valence-electron chi connectivity index (χ2n) is 5.01. The average molecular weight is 287 g/mol. The molecule has 1 amide bonds. The predicted molar refractivity (Wildman–Crippen MR) is 84.3 cm³/mol. The van der Waals surface area contributed by atoms with E-state index in [9.17, 15) is 4.79 Å². The second kappa shape index (κ2) is 5.87. The maximum Gasteiger partial charge on any atom is 0.251 e. The van der Waals surface area contributed by atoms with Crippen LogP contribution in [-0.4, -0.2) is 22.7 Å². The number of nitrogens with two attached hydrogens (primary N) is 1. The number of nitrogens with one attached hydrogen (secondary N) is 2. The lowest BCUT2D eigenvalue weighted by Gasteiger charge is -2.11. The zero-order chi connectivity index (χ0) is 15.6. The second-order valence-corrected chi connectivity index (χ2v) is 5.01. The van der Waals surface area contributed by atoms with Gasteiger partial charge in [-0.3, -0.25) is 9.48 Å². The Morgan fingerprint density at radius 1 is 1.38 bits per heavy atom. The fourth-order valence-corrected chi connectivity index (χ4v) is 2.27. The summed E-state index contributed by atoms with van der Waals surface area (Å²) in [6.07, 6.45) is 0. The molecule has 2 rings (SSSR count). The monoisotopic (exact) mass is 287 g/mol. The fraction of sp³-hybridized carbons (Fsp3) is 0.333. The van der Waals surface area contributed by atoms with Gasteiger partial charge in [-0.1, -0.05) is 0 Å². The zero-order valence-electron chi connectivity index (χ0n) is 12.8. The lowest BCUT2D eigenvalue weighted by atomic mass is 10.1. The van der Waals surface area contributed by atoms with E-state index in [4.69, 9.17) is 5.73 Å². The number of carbonyl (C=O) groups excluding carboxylic acids is 1. The van der Waals surface area contributed by atoms with Gasteiger partial charge in [0.1, 0.15) is 0 Å². The Bertz CT molecular complexity index is 675. The molecule has 0 aliphatic rings. The number of benzene rings is 1. The summed E-state index contributed by atoms with van der Waals surface area (Å²) in [7, 11) is 3.52. The average Bonchev–Trinajstić information content (AvgIpc) is 2.70. The van der Waals surface area contributed by atoms with E-state index >= 15 is 0 Å². The van der Waals surface area contributed by atoms with Crippen molar-refractivity contribution in [2.45, 2.75) is 20.4 Å². The standard InChI is InChI=1S/C15H21N5O/c1-9-12(10(2)20(4)19-9)8-18-14-6-5-11(7-13(14)16)15(21)17-3/h5-7,18H,8,16H2,1-4H3,(H,17,21). The van der Waals surface area contributed by atoms with Gasteiger partial charge in [0.2, 0.25) is 0 Å². The smallest absolute Gasteiger partial charge is 0.251 e. The number of nitrogens with zero attached hydrogens (tertiary/aromatic N) is 2. The van der Waals surface area contributed by atoms with Crippen LogP contribution < -0.4 is 16.4 Å². The molecule has 0 radical (unpaired) electrons. The van der Waals surface area contributed by atoms with Crippen molar-refractivity contribution in [3.05, 3.63) is 40.7 Å². The van der Waals surface area contributed by atoms with Crippen LogP contribution in [0.2, 0.25) is 0 Å². The van der Waals surface area contributed by atoms with Gasteiger partial charge in [-0.25, -0.2) is 0 Å². The number of carbonyl (C=O) groups is 1. The highest BCUT2D eigenvalue weighted by Gasteiger charge is 2.10. The van der Waals surface area contributed by atoms with Crippen LogP contribution in [-0.2, 0) is 13.6 Å². The third kappa shape index (κ3) is 2.99. The van der Waals surface area contributed by atoms with Gasteiger partial charge in [-0.15, -0.1) is 0 Å². The number of hydrogen-bond donors (Lipinski definition) is 3. The van der Waals surface area contributed by atoms with Crippen LogP contribution >= 0.6 is 0 Å². The summed E-state index contributed by atoms with van der Waals surface area (Å²) in [4.78, 5) is 11.6. The van der Waals surface area contributed by atoms with Crippen molar-refractivity contribution in [3.8, 4) is 0 Å². The molecular formula is C15H21N5O. The maximum absolute atomic E-state index is 11.6. The van der Waals surface area contributed by atoms with Crippen LogP contribution in [0, 0.1) is 13.8 Å². The third-order valence-electron chi connectivity index (χ3n) is 3.66. The third-order valence-corrected chi connectivity index (χ3v) is 3.66. The number of nitrogen functional groups attached to an aromatic ring is 1. The van der Waals surface area contributed by atoms with E-state index in [1.165, 1.54) is 0 Å². The lowest BCUT2D eigenvalue weighted by Crippen LogP contribution is -2.18. The largest absolute Gasteiger partial charge is 0.397 e. The van der Waals surface area contributed by atoms with Crippen LogP contribution in [0.15, 0.2) is 18.2 Å². The minimum atomic E-state index is -0.146. The summed E-state index contributed by atoms with van der Waals surface area (Å²) in [6.45, 7) is 4.67. The number of aryl methyl sites for hydroxylation is 2. The Hall–Kier alpha value is -2.50. The summed E-state index contributed by atoms with van der Waals surface area (Å²) in [5.41, 5.74) is 11.2. The molecule has 0 fully saturated rings. The summed E-state index contributed by atoms with van der Waals surface area (Å²) in [5.74, 6) is -0.146. The van der Waals surface area contributed by atoms with Gasteiger partial charge < -0.3 is 16.4 Å². The number of aromatic nitrogens is 2. The minimum absolute atomic E-state index is 0.146. The minimum Gasteiger partial charge on any atom is -0.397 e. The molecule has 1 heterocycles. The molecule has 0 saturated heterocycles. The summed E-state index contributed by atoms with van der Waals surface area (Å²) >= 11 is 0. The molecule has 0 atom stereocenters. The molecule has 0 aliphatic heterocycles. The Labute approximate surface area is 124 Å². The highest BCUT2D eigenvalue weighted by Crippen LogP contribution is 2.22. The molecule has 0 bridgehead atoms. The fourth-order valence-electron chi connectivity index (χ4n) is 2.27. The number of anilines is 2. The number of hydrogen-bond acceptors (Lipinski definition) is 4. The van der Waals surface area contributed by atoms with Crippen molar-refractivity contribution in [1.29, 1.82) is 0 Å². The first-order chi connectivity index (χ1) is 9.93. The Balaban J connectivity index is 2.15. The molecule has 2 aromatic rings. The molecule has 4 N–H and O–H groups in total. The topological polar surface area (TPSA) is 85.0 Å².